The first kappa shape index (κ1) is 12.7. The SMILES string of the molecule is C=C/C(C)=C(C=C)/C(=C\C)C(=C)CC. The Morgan fingerprint density at radius 2 is 1.79 bits per heavy atom. The quantitative estimate of drug-likeness (QED) is 0.554. The van der Waals surface area contributed by atoms with Gasteiger partial charge in [-0.3, -0.25) is 0 Å². The highest BCUT2D eigenvalue weighted by Gasteiger charge is 2.05. The highest BCUT2D eigenvalue weighted by Crippen LogP contribution is 2.24. The number of hydrogen-bond acceptors (Lipinski definition) is 0. The van der Waals surface area contributed by atoms with Gasteiger partial charge < -0.3 is 0 Å². The first-order valence-electron chi connectivity index (χ1n) is 4.92. The van der Waals surface area contributed by atoms with Gasteiger partial charge >= 0.3 is 0 Å². The minimum absolute atomic E-state index is 0.960. The minimum atomic E-state index is 0.960. The van der Waals surface area contributed by atoms with Crippen LogP contribution in [0.3, 0.4) is 0 Å². The number of hydrogen-bond donors (Lipinski definition) is 0. The van der Waals surface area contributed by atoms with Crippen LogP contribution in [0.4, 0.5) is 0 Å². The molecule has 0 amide bonds. The lowest BCUT2D eigenvalue weighted by Crippen LogP contribution is -1.92. The van der Waals surface area contributed by atoms with E-state index >= 15 is 0 Å². The summed E-state index contributed by atoms with van der Waals surface area (Å²) in [6.45, 7) is 17.8. The summed E-state index contributed by atoms with van der Waals surface area (Å²) in [6.07, 6.45) is 6.76. The van der Waals surface area contributed by atoms with Crippen LogP contribution in [-0.4, -0.2) is 0 Å². The van der Waals surface area contributed by atoms with E-state index in [-0.39, 0.29) is 0 Å². The summed E-state index contributed by atoms with van der Waals surface area (Å²) in [4.78, 5) is 0. The predicted molar refractivity (Wildman–Crippen MR) is 66.3 cm³/mol. The maximum absolute atomic E-state index is 4.05. The van der Waals surface area contributed by atoms with Crippen LogP contribution in [-0.2, 0) is 0 Å². The van der Waals surface area contributed by atoms with Crippen LogP contribution in [0.1, 0.15) is 27.2 Å². The van der Waals surface area contributed by atoms with Crippen molar-refractivity contribution in [2.75, 3.05) is 0 Å². The van der Waals surface area contributed by atoms with E-state index in [1.807, 2.05) is 26.0 Å². The van der Waals surface area contributed by atoms with Crippen molar-refractivity contribution in [3.8, 4) is 0 Å². The summed E-state index contributed by atoms with van der Waals surface area (Å²) in [7, 11) is 0. The van der Waals surface area contributed by atoms with E-state index < -0.39 is 0 Å². The molecule has 0 saturated carbocycles. The molecule has 0 bridgehead atoms. The van der Waals surface area contributed by atoms with Gasteiger partial charge in [-0.05, 0) is 42.6 Å². The van der Waals surface area contributed by atoms with Gasteiger partial charge in [0.1, 0.15) is 0 Å². The average Bonchev–Trinajstić information content (AvgIpc) is 2.23. The molecule has 0 nitrogen and oxygen atoms in total. The topological polar surface area (TPSA) is 0 Å². The van der Waals surface area contributed by atoms with E-state index in [0.717, 1.165) is 23.1 Å². The summed E-state index contributed by atoms with van der Waals surface area (Å²) < 4.78 is 0. The second-order valence-electron chi connectivity index (χ2n) is 3.16. The molecule has 0 aromatic heterocycles. The van der Waals surface area contributed by atoms with Gasteiger partial charge in [-0.2, -0.15) is 0 Å². The van der Waals surface area contributed by atoms with Crippen molar-refractivity contribution < 1.29 is 0 Å². The third kappa shape index (κ3) is 2.88. The van der Waals surface area contributed by atoms with Crippen LogP contribution in [0.2, 0.25) is 0 Å². The first-order chi connectivity index (χ1) is 6.62. The smallest absolute Gasteiger partial charge is 0.0162 e. The van der Waals surface area contributed by atoms with E-state index in [4.69, 9.17) is 0 Å². The van der Waals surface area contributed by atoms with Crippen molar-refractivity contribution >= 4 is 0 Å². The van der Waals surface area contributed by atoms with Gasteiger partial charge in [0.05, 0.1) is 0 Å². The predicted octanol–water partition coefficient (Wildman–Crippen LogP) is 4.59. The van der Waals surface area contributed by atoms with E-state index in [1.165, 1.54) is 5.57 Å². The van der Waals surface area contributed by atoms with Gasteiger partial charge in [-0.15, -0.1) is 0 Å². The Hall–Kier alpha value is -1.30. The van der Waals surface area contributed by atoms with Crippen LogP contribution < -0.4 is 0 Å². The fraction of sp³-hybridized carbons (Fsp3) is 0.286. The van der Waals surface area contributed by atoms with Crippen LogP contribution in [0.15, 0.2) is 60.3 Å². The molecule has 14 heavy (non-hydrogen) atoms. The van der Waals surface area contributed by atoms with Crippen LogP contribution in [0.5, 0.6) is 0 Å². The van der Waals surface area contributed by atoms with Crippen molar-refractivity contribution in [3.05, 3.63) is 60.3 Å². The van der Waals surface area contributed by atoms with E-state index in [1.54, 1.807) is 0 Å². The van der Waals surface area contributed by atoms with Crippen LogP contribution >= 0.6 is 0 Å². The molecular weight excluding hydrogens is 168 g/mol. The summed E-state index contributed by atoms with van der Waals surface area (Å²) in [5.41, 5.74) is 4.60. The molecule has 0 heteroatoms. The van der Waals surface area contributed by atoms with Gasteiger partial charge in [0.25, 0.3) is 0 Å². The molecule has 0 N–H and O–H groups in total. The van der Waals surface area contributed by atoms with Crippen molar-refractivity contribution in [1.82, 2.24) is 0 Å². The van der Waals surface area contributed by atoms with Crippen molar-refractivity contribution in [1.29, 1.82) is 0 Å². The van der Waals surface area contributed by atoms with Gasteiger partial charge in [0.2, 0.25) is 0 Å². The Balaban J connectivity index is 5.32. The molecule has 76 valence electrons. The van der Waals surface area contributed by atoms with Crippen molar-refractivity contribution in [2.24, 2.45) is 0 Å². The molecule has 0 aliphatic heterocycles. The normalized spacial score (nSPS) is 13.2. The standard InChI is InChI=1S/C14H20/c1-7-11(5)13(9-3)14(10-4)12(6)8-2/h7,9-10H,1,3,6,8H2,2,4-5H3/b13-11+,14-10-. The largest absolute Gasteiger partial charge is 0.0988 e. The first-order valence-corrected chi connectivity index (χ1v) is 4.92. The number of rotatable bonds is 5. The zero-order chi connectivity index (χ0) is 11.1. The zero-order valence-corrected chi connectivity index (χ0v) is 9.56. The third-order valence-corrected chi connectivity index (χ3v) is 2.32. The molecule has 0 radical (unpaired) electrons. The Bertz CT molecular complexity index is 298. The summed E-state index contributed by atoms with van der Waals surface area (Å²) >= 11 is 0. The molecule has 0 aliphatic rings. The molecule has 0 atom stereocenters. The zero-order valence-electron chi connectivity index (χ0n) is 9.56. The Morgan fingerprint density at radius 1 is 1.21 bits per heavy atom. The Labute approximate surface area is 88.0 Å². The maximum Gasteiger partial charge on any atom is -0.0162 e. The second kappa shape index (κ2) is 6.20. The van der Waals surface area contributed by atoms with Gasteiger partial charge in [-0.1, -0.05) is 44.9 Å². The minimum Gasteiger partial charge on any atom is -0.0988 e. The molecular formula is C14H20. The summed E-state index contributed by atoms with van der Waals surface area (Å²) in [5.74, 6) is 0. The fourth-order valence-corrected chi connectivity index (χ4v) is 1.33. The lowest BCUT2D eigenvalue weighted by Gasteiger charge is -2.12. The fourth-order valence-electron chi connectivity index (χ4n) is 1.33. The average molecular weight is 188 g/mol. The molecule has 0 saturated heterocycles. The Kier molecular flexibility index (Phi) is 5.62. The van der Waals surface area contributed by atoms with Gasteiger partial charge in [0, 0.05) is 0 Å². The number of allylic oxidation sites excluding steroid dienone is 7. The maximum atomic E-state index is 4.05. The molecule has 0 unspecified atom stereocenters. The highest BCUT2D eigenvalue weighted by molar-refractivity contribution is 5.53. The van der Waals surface area contributed by atoms with Crippen molar-refractivity contribution in [3.63, 3.8) is 0 Å². The monoisotopic (exact) mass is 188 g/mol. The Morgan fingerprint density at radius 3 is 2.07 bits per heavy atom. The van der Waals surface area contributed by atoms with Gasteiger partial charge in [0.15, 0.2) is 0 Å². The molecule has 0 fully saturated rings. The van der Waals surface area contributed by atoms with Crippen LogP contribution in [0, 0.1) is 0 Å². The summed E-state index contributed by atoms with van der Waals surface area (Å²) in [6, 6.07) is 0. The van der Waals surface area contributed by atoms with Crippen molar-refractivity contribution in [2.45, 2.75) is 27.2 Å². The lowest BCUT2D eigenvalue weighted by atomic mass is 9.93. The van der Waals surface area contributed by atoms with E-state index in [0.29, 0.717) is 0 Å². The molecule has 0 rings (SSSR count). The van der Waals surface area contributed by atoms with E-state index in [9.17, 15) is 0 Å². The molecule has 0 spiro atoms. The van der Waals surface area contributed by atoms with Crippen LogP contribution in [0.25, 0.3) is 0 Å². The molecule has 0 heterocycles. The molecule has 0 aliphatic carbocycles. The molecule has 0 aromatic rings. The lowest BCUT2D eigenvalue weighted by molar-refractivity contribution is 1.12. The summed E-state index contributed by atoms with van der Waals surface area (Å²) in [5, 5.41) is 0. The third-order valence-electron chi connectivity index (χ3n) is 2.32. The molecule has 0 aromatic carbocycles. The van der Waals surface area contributed by atoms with E-state index in [2.05, 4.69) is 32.7 Å². The highest BCUT2D eigenvalue weighted by atomic mass is 14.1. The second-order valence-corrected chi connectivity index (χ2v) is 3.16. The van der Waals surface area contributed by atoms with Gasteiger partial charge in [-0.25, -0.2) is 0 Å².